The van der Waals surface area contributed by atoms with Crippen molar-refractivity contribution in [3.05, 3.63) is 47.0 Å². The summed E-state index contributed by atoms with van der Waals surface area (Å²) in [6.07, 6.45) is 5.96. The molecule has 0 unspecified atom stereocenters. The molecule has 1 amide bonds. The highest BCUT2D eigenvalue weighted by Gasteiger charge is 2.25. The standard InChI is InChI=1S/C27H37N3O4/c1-29-12-8-9-19-15-20(10-11-22(19)29)23(30-13-6-5-7-14-30)18-28-27(31)21-16-24(32-2)26(34-4)25(17-21)33-3/h10-11,15-17,23H,5-9,12-14,18H2,1-4H3,(H,28,31)/t23-/m0/s1. The fourth-order valence-corrected chi connectivity index (χ4v) is 5.20. The fourth-order valence-electron chi connectivity index (χ4n) is 5.20. The van der Waals surface area contributed by atoms with Gasteiger partial charge in [0.25, 0.3) is 5.91 Å². The van der Waals surface area contributed by atoms with Crippen molar-refractivity contribution in [3.8, 4) is 17.2 Å². The van der Waals surface area contributed by atoms with E-state index in [9.17, 15) is 4.79 Å². The predicted octanol–water partition coefficient (Wildman–Crippen LogP) is 4.05. The zero-order valence-corrected chi connectivity index (χ0v) is 20.9. The molecule has 1 saturated heterocycles. The number of hydrogen-bond acceptors (Lipinski definition) is 6. The number of piperidine rings is 1. The summed E-state index contributed by atoms with van der Waals surface area (Å²) >= 11 is 0. The molecule has 184 valence electrons. The summed E-state index contributed by atoms with van der Waals surface area (Å²) in [5, 5.41) is 3.18. The number of benzene rings is 2. The van der Waals surface area contributed by atoms with Crippen molar-refractivity contribution in [2.75, 3.05) is 59.5 Å². The number of fused-ring (bicyclic) bond motifs is 1. The quantitative estimate of drug-likeness (QED) is 0.632. The van der Waals surface area contributed by atoms with Crippen LogP contribution in [0, 0.1) is 0 Å². The molecule has 2 aromatic rings. The van der Waals surface area contributed by atoms with Gasteiger partial charge in [-0.1, -0.05) is 18.6 Å². The van der Waals surface area contributed by atoms with E-state index < -0.39 is 0 Å². The van der Waals surface area contributed by atoms with E-state index in [0.29, 0.717) is 29.4 Å². The number of hydrogen-bond donors (Lipinski definition) is 1. The maximum absolute atomic E-state index is 13.2. The van der Waals surface area contributed by atoms with Crippen LogP contribution in [0.4, 0.5) is 5.69 Å². The molecule has 7 heteroatoms. The molecule has 4 rings (SSSR count). The minimum Gasteiger partial charge on any atom is -0.493 e. The van der Waals surface area contributed by atoms with Crippen molar-refractivity contribution in [1.82, 2.24) is 10.2 Å². The molecule has 7 nitrogen and oxygen atoms in total. The summed E-state index contributed by atoms with van der Waals surface area (Å²) in [6, 6.07) is 10.4. The molecule has 1 fully saturated rings. The first-order chi connectivity index (χ1) is 16.5. The van der Waals surface area contributed by atoms with Crippen LogP contribution in [-0.2, 0) is 6.42 Å². The lowest BCUT2D eigenvalue weighted by atomic mass is 9.95. The van der Waals surface area contributed by atoms with Gasteiger partial charge in [0.1, 0.15) is 0 Å². The molecule has 0 saturated carbocycles. The van der Waals surface area contributed by atoms with Gasteiger partial charge in [-0.15, -0.1) is 0 Å². The molecular formula is C27H37N3O4. The van der Waals surface area contributed by atoms with E-state index in [0.717, 1.165) is 26.1 Å². The van der Waals surface area contributed by atoms with Gasteiger partial charge < -0.3 is 24.4 Å². The van der Waals surface area contributed by atoms with Crippen molar-refractivity contribution >= 4 is 11.6 Å². The number of carbonyl (C=O) groups is 1. The Morgan fingerprint density at radius 2 is 1.65 bits per heavy atom. The lowest BCUT2D eigenvalue weighted by Crippen LogP contribution is -2.40. The second kappa shape index (κ2) is 11.0. The Morgan fingerprint density at radius 3 is 2.29 bits per heavy atom. The fraction of sp³-hybridized carbons (Fsp3) is 0.519. The zero-order valence-electron chi connectivity index (χ0n) is 20.9. The minimum atomic E-state index is -0.154. The third-order valence-electron chi connectivity index (χ3n) is 7.05. The maximum Gasteiger partial charge on any atom is 0.251 e. The van der Waals surface area contributed by atoms with Crippen molar-refractivity contribution in [2.45, 2.75) is 38.1 Å². The van der Waals surface area contributed by atoms with E-state index in [4.69, 9.17) is 14.2 Å². The molecule has 34 heavy (non-hydrogen) atoms. The Hall–Kier alpha value is -2.93. The molecule has 0 aromatic heterocycles. The first-order valence-corrected chi connectivity index (χ1v) is 12.2. The summed E-state index contributed by atoms with van der Waals surface area (Å²) in [6.45, 7) is 3.76. The van der Waals surface area contributed by atoms with Crippen LogP contribution in [-0.4, -0.2) is 65.4 Å². The van der Waals surface area contributed by atoms with Gasteiger partial charge in [-0.05, 0) is 68.1 Å². The van der Waals surface area contributed by atoms with Crippen molar-refractivity contribution in [2.24, 2.45) is 0 Å². The first kappa shape index (κ1) is 24.2. The van der Waals surface area contributed by atoms with Crippen LogP contribution in [0.2, 0.25) is 0 Å². The summed E-state index contributed by atoms with van der Waals surface area (Å²) in [5.41, 5.74) is 4.50. The molecule has 2 aliphatic rings. The highest BCUT2D eigenvalue weighted by atomic mass is 16.5. The zero-order chi connectivity index (χ0) is 24.1. The van der Waals surface area contributed by atoms with E-state index >= 15 is 0 Å². The molecular weight excluding hydrogens is 430 g/mol. The highest BCUT2D eigenvalue weighted by Crippen LogP contribution is 2.38. The molecule has 0 spiro atoms. The van der Waals surface area contributed by atoms with Gasteiger partial charge in [-0.2, -0.15) is 0 Å². The van der Waals surface area contributed by atoms with Gasteiger partial charge in [0, 0.05) is 31.4 Å². The molecule has 2 heterocycles. The predicted molar refractivity (Wildman–Crippen MR) is 135 cm³/mol. The number of nitrogens with zero attached hydrogens (tertiary/aromatic N) is 2. The van der Waals surface area contributed by atoms with Crippen LogP contribution in [0.1, 0.15) is 53.2 Å². The van der Waals surface area contributed by atoms with Gasteiger partial charge in [0.05, 0.1) is 27.4 Å². The maximum atomic E-state index is 13.2. The molecule has 1 N–H and O–H groups in total. The number of nitrogens with one attached hydrogen (secondary N) is 1. The number of ether oxygens (including phenoxy) is 3. The van der Waals surface area contributed by atoms with Crippen LogP contribution >= 0.6 is 0 Å². The van der Waals surface area contributed by atoms with Crippen LogP contribution in [0.3, 0.4) is 0 Å². The number of rotatable bonds is 8. The van der Waals surface area contributed by atoms with Gasteiger partial charge >= 0.3 is 0 Å². The van der Waals surface area contributed by atoms with Crippen LogP contribution in [0.5, 0.6) is 17.2 Å². The summed E-state index contributed by atoms with van der Waals surface area (Å²) in [7, 11) is 6.83. The molecule has 1 atom stereocenters. The average Bonchev–Trinajstić information content (AvgIpc) is 2.88. The van der Waals surface area contributed by atoms with E-state index in [1.54, 1.807) is 33.5 Å². The van der Waals surface area contributed by atoms with Gasteiger partial charge in [-0.3, -0.25) is 9.69 Å². The Balaban J connectivity index is 1.56. The SMILES string of the molecule is COc1cc(C(=O)NC[C@@H](c2ccc3c(c2)CCCN3C)N2CCCCC2)cc(OC)c1OC. The van der Waals surface area contributed by atoms with Gasteiger partial charge in [-0.25, -0.2) is 0 Å². The lowest BCUT2D eigenvalue weighted by Gasteiger charge is -2.36. The lowest BCUT2D eigenvalue weighted by molar-refractivity contribution is 0.0923. The van der Waals surface area contributed by atoms with E-state index in [1.807, 2.05) is 0 Å². The topological polar surface area (TPSA) is 63.3 Å². The molecule has 0 radical (unpaired) electrons. The molecule has 2 aromatic carbocycles. The Bertz CT molecular complexity index is 978. The van der Waals surface area contributed by atoms with E-state index in [-0.39, 0.29) is 11.9 Å². The number of methoxy groups -OCH3 is 3. The van der Waals surface area contributed by atoms with Crippen molar-refractivity contribution in [1.29, 1.82) is 0 Å². The van der Waals surface area contributed by atoms with E-state index in [2.05, 4.69) is 40.4 Å². The Kier molecular flexibility index (Phi) is 7.83. The number of amides is 1. The number of aryl methyl sites for hydroxylation is 1. The largest absolute Gasteiger partial charge is 0.493 e. The smallest absolute Gasteiger partial charge is 0.251 e. The van der Waals surface area contributed by atoms with E-state index in [1.165, 1.54) is 42.5 Å². The Labute approximate surface area is 203 Å². The Morgan fingerprint density at radius 1 is 0.941 bits per heavy atom. The van der Waals surface area contributed by atoms with Crippen LogP contribution in [0.25, 0.3) is 0 Å². The molecule has 2 aliphatic heterocycles. The van der Waals surface area contributed by atoms with Gasteiger partial charge in [0.2, 0.25) is 5.75 Å². The third kappa shape index (κ3) is 5.09. The summed E-state index contributed by atoms with van der Waals surface area (Å²) in [4.78, 5) is 18.0. The third-order valence-corrected chi connectivity index (χ3v) is 7.05. The second-order valence-corrected chi connectivity index (χ2v) is 9.15. The summed E-state index contributed by atoms with van der Waals surface area (Å²) in [5.74, 6) is 1.27. The molecule has 0 aliphatic carbocycles. The van der Waals surface area contributed by atoms with Crippen molar-refractivity contribution < 1.29 is 19.0 Å². The van der Waals surface area contributed by atoms with Crippen molar-refractivity contribution in [3.63, 3.8) is 0 Å². The first-order valence-electron chi connectivity index (χ1n) is 12.2. The van der Waals surface area contributed by atoms with Crippen LogP contribution < -0.4 is 24.4 Å². The van der Waals surface area contributed by atoms with Crippen LogP contribution in [0.15, 0.2) is 30.3 Å². The molecule has 0 bridgehead atoms. The minimum absolute atomic E-state index is 0.142. The summed E-state index contributed by atoms with van der Waals surface area (Å²) < 4.78 is 16.2. The normalized spacial score (nSPS) is 17.0. The number of anilines is 1. The van der Waals surface area contributed by atoms with Gasteiger partial charge in [0.15, 0.2) is 11.5 Å². The average molecular weight is 468 g/mol. The number of carbonyl (C=O) groups excluding carboxylic acids is 1. The monoisotopic (exact) mass is 467 g/mol. The second-order valence-electron chi connectivity index (χ2n) is 9.15. The number of likely N-dealkylation sites (tertiary alicyclic amines) is 1. The highest BCUT2D eigenvalue weighted by molar-refractivity contribution is 5.95.